The number of hydrogen-bond donors (Lipinski definition) is 0. The van der Waals surface area contributed by atoms with Gasteiger partial charge in [0.1, 0.15) is 5.58 Å². The molecular formula is C88H59B2N7O. The van der Waals surface area contributed by atoms with Crippen LogP contribution in [0.25, 0.3) is 27.6 Å². The van der Waals surface area contributed by atoms with Crippen LogP contribution >= 0.6 is 0 Å². The first-order valence-corrected chi connectivity index (χ1v) is 33.7. The van der Waals surface area contributed by atoms with E-state index in [2.05, 4.69) is 392 Å². The van der Waals surface area contributed by atoms with Crippen LogP contribution in [-0.2, 0) is 0 Å². The molecule has 14 aromatic carbocycles. The van der Waals surface area contributed by atoms with Crippen LogP contribution in [0.2, 0.25) is 0 Å². The molecule has 2 aromatic heterocycles. The molecule has 0 N–H and O–H groups in total. The summed E-state index contributed by atoms with van der Waals surface area (Å²) in [6.45, 7) is -0.724. The summed E-state index contributed by atoms with van der Waals surface area (Å²) in [5.74, 6) is 0. The van der Waals surface area contributed by atoms with Crippen LogP contribution in [0, 0.1) is 0 Å². The van der Waals surface area contributed by atoms with Gasteiger partial charge in [-0.05, 0) is 180 Å². The zero-order valence-electron chi connectivity index (χ0n) is 53.3. The number of fused-ring (bicyclic) bond motifs is 12. The molecule has 0 spiro atoms. The first-order valence-electron chi connectivity index (χ1n) is 33.7. The Kier molecular flexibility index (Phi) is 12.7. The van der Waals surface area contributed by atoms with Gasteiger partial charge in [-0.25, -0.2) is 0 Å². The zero-order chi connectivity index (χ0) is 64.4. The van der Waals surface area contributed by atoms with E-state index in [1.54, 1.807) is 0 Å². The molecule has 4 aliphatic heterocycles. The van der Waals surface area contributed by atoms with Crippen molar-refractivity contribution in [1.29, 1.82) is 0 Å². The van der Waals surface area contributed by atoms with E-state index in [-0.39, 0.29) is 13.4 Å². The van der Waals surface area contributed by atoms with Gasteiger partial charge in [0.05, 0.1) is 33.9 Å². The van der Waals surface area contributed by atoms with Crippen LogP contribution < -0.4 is 62.5 Å². The molecule has 0 aliphatic carbocycles. The van der Waals surface area contributed by atoms with E-state index in [9.17, 15) is 0 Å². The molecule has 6 heterocycles. The lowest BCUT2D eigenvalue weighted by Gasteiger charge is -2.47. The van der Waals surface area contributed by atoms with Crippen LogP contribution in [-0.4, -0.2) is 18.0 Å². The molecule has 0 fully saturated rings. The molecule has 0 unspecified atom stereocenters. The predicted molar refractivity (Wildman–Crippen MR) is 410 cm³/mol. The Bertz CT molecular complexity index is 5650. The third-order valence-electron chi connectivity index (χ3n) is 20.2. The lowest BCUT2D eigenvalue weighted by Crippen LogP contribution is -2.66. The topological polar surface area (TPSA) is 37.5 Å². The van der Waals surface area contributed by atoms with Crippen LogP contribution in [0.15, 0.2) is 362 Å². The summed E-state index contributed by atoms with van der Waals surface area (Å²) in [7, 11) is 0. The van der Waals surface area contributed by atoms with Crippen molar-refractivity contribution in [2.75, 3.05) is 29.4 Å². The van der Waals surface area contributed by atoms with Crippen LogP contribution in [0.3, 0.4) is 0 Å². The van der Waals surface area contributed by atoms with E-state index in [4.69, 9.17) is 4.42 Å². The summed E-state index contributed by atoms with van der Waals surface area (Å²) < 4.78 is 10.2. The molecule has 0 atom stereocenters. The van der Waals surface area contributed by atoms with Crippen molar-refractivity contribution in [2.24, 2.45) is 0 Å². The minimum atomic E-state index is -0.388. The number of benzene rings is 14. The first kappa shape index (κ1) is 55.5. The fraction of sp³-hybridized carbons (Fsp3) is 0. The molecule has 0 saturated heterocycles. The number of nitrogens with zero attached hydrogens (tertiary/aromatic N) is 7. The number of hydrogen-bond acceptors (Lipinski definition) is 7. The Morgan fingerprint density at radius 3 is 1.04 bits per heavy atom. The molecule has 0 amide bonds. The standard InChI is InChI=1S/C88H59B2N7O/c1-10-32-60(33-11-1)91(61-34-12-2-13-35-61)69-54-78-83-80(56-69)95(66-44-22-7-23-45-66)85-71-50-28-30-52-75(71)97(68-48-26-9-27-49-68)87(85)89(83)73-58-74-77(59-76(73)93(78)64-40-18-5-19-41-64)94(65-42-20-6-21-43-65)79-55-70(92(62-36-14-3-15-37-62)63-38-16-4-17-39-63)57-81-84(79)90(74)88-86(72-51-29-31-53-82(72)98-88)96(81)67-46-24-8-25-47-67/h1-59H. The van der Waals surface area contributed by atoms with Gasteiger partial charge in [-0.15, -0.1) is 0 Å². The summed E-state index contributed by atoms with van der Waals surface area (Å²) in [4.78, 5) is 15.0. The van der Waals surface area contributed by atoms with Crippen molar-refractivity contribution >= 4 is 171 Å². The van der Waals surface area contributed by atoms with E-state index in [0.717, 1.165) is 147 Å². The largest absolute Gasteiger partial charge is 0.468 e. The van der Waals surface area contributed by atoms with Gasteiger partial charge in [0, 0.05) is 102 Å². The number of furan rings is 1. The van der Waals surface area contributed by atoms with Crippen LogP contribution in [0.5, 0.6) is 0 Å². The number of anilines is 18. The lowest BCUT2D eigenvalue weighted by atomic mass is 9.31. The molecule has 98 heavy (non-hydrogen) atoms. The second-order valence-corrected chi connectivity index (χ2v) is 25.6. The van der Waals surface area contributed by atoms with Gasteiger partial charge in [-0.3, -0.25) is 0 Å². The molecule has 0 bridgehead atoms. The van der Waals surface area contributed by atoms with Gasteiger partial charge in [0.25, 0.3) is 13.4 Å². The van der Waals surface area contributed by atoms with Crippen molar-refractivity contribution in [2.45, 2.75) is 0 Å². The van der Waals surface area contributed by atoms with Crippen molar-refractivity contribution in [1.82, 2.24) is 4.57 Å². The number of aromatic nitrogens is 1. The Balaban J connectivity index is 0.955. The van der Waals surface area contributed by atoms with Crippen LogP contribution in [0.4, 0.5) is 102 Å². The molecule has 8 nitrogen and oxygen atoms in total. The smallest absolute Gasteiger partial charge is 0.297 e. The predicted octanol–water partition coefficient (Wildman–Crippen LogP) is 19.5. The summed E-state index contributed by atoms with van der Waals surface area (Å²) in [5, 5.41) is 2.21. The van der Waals surface area contributed by atoms with Crippen molar-refractivity contribution in [3.8, 4) is 5.69 Å². The van der Waals surface area contributed by atoms with Crippen molar-refractivity contribution in [3.63, 3.8) is 0 Å². The molecular weight excluding hydrogens is 1190 g/mol. The molecule has 0 radical (unpaired) electrons. The minimum absolute atomic E-state index is 0.336. The van der Waals surface area contributed by atoms with Gasteiger partial charge in [-0.1, -0.05) is 200 Å². The summed E-state index contributed by atoms with van der Waals surface area (Å²) in [6.07, 6.45) is 0. The van der Waals surface area contributed by atoms with Crippen LogP contribution in [0.1, 0.15) is 0 Å². The fourth-order valence-electron chi connectivity index (χ4n) is 16.3. The van der Waals surface area contributed by atoms with Crippen molar-refractivity contribution in [3.05, 3.63) is 358 Å². The Morgan fingerprint density at radius 1 is 0.255 bits per heavy atom. The molecule has 4 aliphatic rings. The second-order valence-electron chi connectivity index (χ2n) is 25.6. The highest BCUT2D eigenvalue weighted by Crippen LogP contribution is 2.54. The maximum absolute atomic E-state index is 7.63. The minimum Gasteiger partial charge on any atom is -0.468 e. The average molecular weight is 1250 g/mol. The Morgan fingerprint density at radius 2 is 0.592 bits per heavy atom. The second kappa shape index (κ2) is 22.4. The first-order chi connectivity index (χ1) is 48.7. The average Bonchev–Trinajstić information content (AvgIpc) is 1.25. The summed E-state index contributed by atoms with van der Waals surface area (Å²) in [5.41, 5.74) is 28.9. The van der Waals surface area contributed by atoms with Gasteiger partial charge >= 0.3 is 0 Å². The Hall–Kier alpha value is -12.9. The van der Waals surface area contributed by atoms with Gasteiger partial charge in [-0.2, -0.15) is 0 Å². The van der Waals surface area contributed by atoms with Gasteiger partial charge in [0.2, 0.25) is 0 Å². The monoisotopic (exact) mass is 1250 g/mol. The van der Waals surface area contributed by atoms with Crippen molar-refractivity contribution < 1.29 is 4.42 Å². The zero-order valence-corrected chi connectivity index (χ0v) is 53.3. The SMILES string of the molecule is c1ccc(N(c2ccccc2)c2cc3c4c(c2)N(c2ccccc2)c2c(oc5ccccc25)B4c2cc4c(cc2N3c2ccccc2)N(c2ccccc2)c2cc(N(c3ccccc3)c3ccccc3)cc3c2B4c2c(c4ccccc4n2-c2ccccc2)N3c2ccccc2)cc1. The summed E-state index contributed by atoms with van der Waals surface area (Å²) in [6, 6.07) is 131. The van der Waals surface area contributed by atoms with Gasteiger partial charge in [0.15, 0.2) is 0 Å². The molecule has 10 heteroatoms. The van der Waals surface area contributed by atoms with E-state index in [0.29, 0.717) is 0 Å². The van der Waals surface area contributed by atoms with Gasteiger partial charge < -0.3 is 38.4 Å². The third kappa shape index (κ3) is 8.47. The number of para-hydroxylation sites is 11. The van der Waals surface area contributed by atoms with E-state index in [1.807, 2.05) is 0 Å². The highest BCUT2D eigenvalue weighted by atomic mass is 16.3. The Labute approximate surface area is 569 Å². The fourth-order valence-corrected chi connectivity index (χ4v) is 16.3. The summed E-state index contributed by atoms with van der Waals surface area (Å²) >= 11 is 0. The van der Waals surface area contributed by atoms with E-state index < -0.39 is 0 Å². The number of rotatable bonds is 11. The quantitative estimate of drug-likeness (QED) is 0.119. The molecule has 16 aromatic rings. The normalized spacial score (nSPS) is 13.0. The maximum Gasteiger partial charge on any atom is 0.297 e. The molecule has 20 rings (SSSR count). The lowest BCUT2D eigenvalue weighted by molar-refractivity contribution is 0.651. The van der Waals surface area contributed by atoms with E-state index >= 15 is 0 Å². The maximum atomic E-state index is 7.63. The van der Waals surface area contributed by atoms with E-state index in [1.165, 1.54) is 16.5 Å². The molecule has 0 saturated carbocycles. The highest BCUT2D eigenvalue weighted by molar-refractivity contribution is 7.03. The highest BCUT2D eigenvalue weighted by Gasteiger charge is 2.52. The third-order valence-corrected chi connectivity index (χ3v) is 20.2. The molecule has 458 valence electrons.